The van der Waals surface area contributed by atoms with Crippen LogP contribution in [0, 0.1) is 5.41 Å². The van der Waals surface area contributed by atoms with Crippen LogP contribution in [0.5, 0.6) is 0 Å². The Morgan fingerprint density at radius 3 is 2.91 bits per heavy atom. The van der Waals surface area contributed by atoms with Crippen LogP contribution >= 0.6 is 0 Å². The molecule has 2 aliphatic heterocycles. The Balaban J connectivity index is 2.06. The predicted molar refractivity (Wildman–Crippen MR) is 44.6 cm³/mol. The number of hydrogen-bond acceptors (Lipinski definition) is 2. The summed E-state index contributed by atoms with van der Waals surface area (Å²) in [5.41, 5.74) is 0.498. The van der Waals surface area contributed by atoms with Gasteiger partial charge in [-0.15, -0.1) is 0 Å². The van der Waals surface area contributed by atoms with Gasteiger partial charge in [0.05, 0.1) is 6.10 Å². The third-order valence-electron chi connectivity index (χ3n) is 3.34. The lowest BCUT2D eigenvalue weighted by Gasteiger charge is -2.36. The molecule has 0 aromatic carbocycles. The largest absolute Gasteiger partial charge is 0.378 e. The number of piperidine rings is 1. The second-order valence-electron chi connectivity index (χ2n) is 3.91. The average molecular weight is 155 g/mol. The maximum Gasteiger partial charge on any atom is 0.0616 e. The molecule has 0 bridgehead atoms. The van der Waals surface area contributed by atoms with Gasteiger partial charge in [0.2, 0.25) is 0 Å². The van der Waals surface area contributed by atoms with Gasteiger partial charge in [0.15, 0.2) is 0 Å². The van der Waals surface area contributed by atoms with Crippen LogP contribution < -0.4 is 5.32 Å². The highest BCUT2D eigenvalue weighted by atomic mass is 16.5. The fraction of sp³-hybridized carbons (Fsp3) is 1.00. The van der Waals surface area contributed by atoms with Gasteiger partial charge in [-0.2, -0.15) is 0 Å². The van der Waals surface area contributed by atoms with E-state index in [9.17, 15) is 0 Å². The minimum Gasteiger partial charge on any atom is -0.378 e. The minimum absolute atomic E-state index is 0.482. The second kappa shape index (κ2) is 2.76. The standard InChI is InChI=1S/C9H17NO/c1-8-9(4-6-11-8)3-2-5-10-7-9/h8,10H,2-7H2,1H3. The molecule has 0 aliphatic carbocycles. The van der Waals surface area contributed by atoms with Crippen LogP contribution in [0.4, 0.5) is 0 Å². The summed E-state index contributed by atoms with van der Waals surface area (Å²) in [6.07, 6.45) is 4.44. The molecule has 0 aromatic rings. The van der Waals surface area contributed by atoms with Crippen LogP contribution in [-0.2, 0) is 4.74 Å². The summed E-state index contributed by atoms with van der Waals surface area (Å²) < 4.78 is 5.61. The molecule has 11 heavy (non-hydrogen) atoms. The smallest absolute Gasteiger partial charge is 0.0616 e. The topological polar surface area (TPSA) is 21.3 Å². The zero-order valence-corrected chi connectivity index (χ0v) is 7.23. The molecule has 1 spiro atoms. The van der Waals surface area contributed by atoms with Crippen LogP contribution in [0.1, 0.15) is 26.2 Å². The van der Waals surface area contributed by atoms with Crippen LogP contribution in [0.3, 0.4) is 0 Å². The average Bonchev–Trinajstić information content (AvgIpc) is 2.36. The summed E-state index contributed by atoms with van der Waals surface area (Å²) in [6.45, 7) is 5.57. The van der Waals surface area contributed by atoms with E-state index in [2.05, 4.69) is 12.2 Å². The van der Waals surface area contributed by atoms with E-state index < -0.39 is 0 Å². The van der Waals surface area contributed by atoms with Crippen LogP contribution in [0.25, 0.3) is 0 Å². The van der Waals surface area contributed by atoms with Crippen molar-refractivity contribution in [1.82, 2.24) is 5.32 Å². The SMILES string of the molecule is CC1OCCC12CCCNC2. The van der Waals surface area contributed by atoms with Crippen molar-refractivity contribution in [1.29, 1.82) is 0 Å². The maximum atomic E-state index is 5.61. The Morgan fingerprint density at radius 2 is 2.36 bits per heavy atom. The molecule has 2 unspecified atom stereocenters. The Kier molecular flexibility index (Phi) is 1.90. The molecule has 2 nitrogen and oxygen atoms in total. The molecule has 0 radical (unpaired) electrons. The summed E-state index contributed by atoms with van der Waals surface area (Å²) in [5, 5.41) is 3.47. The van der Waals surface area contributed by atoms with Gasteiger partial charge in [0, 0.05) is 18.6 Å². The van der Waals surface area contributed by atoms with Crippen LogP contribution in [0.2, 0.25) is 0 Å². The normalized spacial score (nSPS) is 45.0. The molecule has 1 N–H and O–H groups in total. The van der Waals surface area contributed by atoms with Gasteiger partial charge in [0.1, 0.15) is 0 Å². The minimum atomic E-state index is 0.482. The van der Waals surface area contributed by atoms with Gasteiger partial charge in [-0.25, -0.2) is 0 Å². The molecule has 64 valence electrons. The summed E-state index contributed by atoms with van der Waals surface area (Å²) in [7, 11) is 0. The Bertz CT molecular complexity index is 140. The highest BCUT2D eigenvalue weighted by Gasteiger charge is 2.41. The molecule has 2 fully saturated rings. The van der Waals surface area contributed by atoms with Gasteiger partial charge in [-0.1, -0.05) is 0 Å². The van der Waals surface area contributed by atoms with Crippen molar-refractivity contribution in [3.05, 3.63) is 0 Å². The fourth-order valence-corrected chi connectivity index (χ4v) is 2.37. The molecular formula is C9H17NO. The van der Waals surface area contributed by atoms with Gasteiger partial charge < -0.3 is 10.1 Å². The van der Waals surface area contributed by atoms with Gasteiger partial charge in [0.25, 0.3) is 0 Å². The number of nitrogens with one attached hydrogen (secondary N) is 1. The van der Waals surface area contributed by atoms with E-state index in [-0.39, 0.29) is 0 Å². The van der Waals surface area contributed by atoms with E-state index >= 15 is 0 Å². The first-order valence-electron chi connectivity index (χ1n) is 4.66. The highest BCUT2D eigenvalue weighted by Crippen LogP contribution is 2.39. The molecular weight excluding hydrogens is 138 g/mol. The van der Waals surface area contributed by atoms with Crippen LogP contribution in [0.15, 0.2) is 0 Å². The highest BCUT2D eigenvalue weighted by molar-refractivity contribution is 4.93. The second-order valence-corrected chi connectivity index (χ2v) is 3.91. The molecule has 2 saturated heterocycles. The van der Waals surface area contributed by atoms with Gasteiger partial charge >= 0.3 is 0 Å². The van der Waals surface area contributed by atoms with Crippen LogP contribution in [-0.4, -0.2) is 25.8 Å². The van der Waals surface area contributed by atoms with E-state index in [1.165, 1.54) is 32.4 Å². The van der Waals surface area contributed by atoms with Crippen molar-refractivity contribution < 1.29 is 4.74 Å². The Morgan fingerprint density at radius 1 is 1.45 bits per heavy atom. The molecule has 2 rings (SSSR count). The van der Waals surface area contributed by atoms with Gasteiger partial charge in [-0.3, -0.25) is 0 Å². The molecule has 2 heterocycles. The lowest BCUT2D eigenvalue weighted by molar-refractivity contribution is 0.0498. The fourth-order valence-electron chi connectivity index (χ4n) is 2.37. The lowest BCUT2D eigenvalue weighted by Crippen LogP contribution is -2.44. The summed E-state index contributed by atoms with van der Waals surface area (Å²) in [4.78, 5) is 0. The summed E-state index contributed by atoms with van der Waals surface area (Å²) in [5.74, 6) is 0. The van der Waals surface area contributed by atoms with Crippen molar-refractivity contribution in [3.8, 4) is 0 Å². The number of rotatable bonds is 0. The zero-order chi connectivity index (χ0) is 7.73. The van der Waals surface area contributed by atoms with Gasteiger partial charge in [-0.05, 0) is 32.7 Å². The van der Waals surface area contributed by atoms with E-state index in [0.29, 0.717) is 11.5 Å². The lowest BCUT2D eigenvalue weighted by atomic mass is 9.76. The first-order valence-corrected chi connectivity index (χ1v) is 4.66. The van der Waals surface area contributed by atoms with Crippen molar-refractivity contribution in [3.63, 3.8) is 0 Å². The Hall–Kier alpha value is -0.0800. The molecule has 2 atom stereocenters. The van der Waals surface area contributed by atoms with E-state index in [1.807, 2.05) is 0 Å². The monoisotopic (exact) mass is 155 g/mol. The first-order chi connectivity index (χ1) is 5.33. The third kappa shape index (κ3) is 1.18. The molecule has 0 amide bonds. The number of ether oxygens (including phenoxy) is 1. The summed E-state index contributed by atoms with van der Waals surface area (Å²) in [6, 6.07) is 0. The predicted octanol–water partition coefficient (Wildman–Crippen LogP) is 1.17. The van der Waals surface area contributed by atoms with E-state index in [0.717, 1.165) is 6.61 Å². The molecule has 2 heteroatoms. The zero-order valence-electron chi connectivity index (χ0n) is 7.23. The van der Waals surface area contributed by atoms with Crippen molar-refractivity contribution in [2.75, 3.05) is 19.7 Å². The first kappa shape index (κ1) is 7.56. The third-order valence-corrected chi connectivity index (χ3v) is 3.34. The van der Waals surface area contributed by atoms with Crippen molar-refractivity contribution in [2.45, 2.75) is 32.3 Å². The van der Waals surface area contributed by atoms with E-state index in [1.54, 1.807) is 0 Å². The quantitative estimate of drug-likeness (QED) is 0.567. The summed E-state index contributed by atoms with van der Waals surface area (Å²) >= 11 is 0. The van der Waals surface area contributed by atoms with Crippen molar-refractivity contribution in [2.24, 2.45) is 5.41 Å². The molecule has 0 aromatic heterocycles. The van der Waals surface area contributed by atoms with E-state index in [4.69, 9.17) is 4.74 Å². The number of hydrogen-bond donors (Lipinski definition) is 1. The molecule has 0 saturated carbocycles. The Labute approximate surface area is 68.3 Å². The molecule has 2 aliphatic rings. The van der Waals surface area contributed by atoms with Crippen molar-refractivity contribution >= 4 is 0 Å². The maximum absolute atomic E-state index is 5.61.